The molecule has 1 aliphatic carbocycles. The van der Waals surface area contributed by atoms with Crippen molar-refractivity contribution in [1.29, 1.82) is 0 Å². The van der Waals surface area contributed by atoms with Gasteiger partial charge in [-0.25, -0.2) is 8.78 Å². The van der Waals surface area contributed by atoms with Gasteiger partial charge in [0, 0.05) is 23.9 Å². The zero-order chi connectivity index (χ0) is 26.1. The molecule has 4 rings (SSSR count). The Morgan fingerprint density at radius 2 is 1.83 bits per heavy atom. The van der Waals surface area contributed by atoms with Crippen LogP contribution in [0.1, 0.15) is 34.5 Å². The minimum absolute atomic E-state index is 0.0668. The number of anilines is 2. The van der Waals surface area contributed by atoms with E-state index in [1.165, 1.54) is 12.3 Å². The summed E-state index contributed by atoms with van der Waals surface area (Å²) in [5.74, 6) is -3.36. The van der Waals surface area contributed by atoms with Crippen LogP contribution in [0, 0.1) is 11.6 Å². The highest BCUT2D eigenvalue weighted by atomic mass is 19.4. The highest BCUT2D eigenvalue weighted by molar-refractivity contribution is 6.00. The van der Waals surface area contributed by atoms with Gasteiger partial charge in [-0.05, 0) is 31.0 Å². The van der Waals surface area contributed by atoms with Gasteiger partial charge in [0.05, 0.1) is 35.4 Å². The van der Waals surface area contributed by atoms with Gasteiger partial charge in [0.1, 0.15) is 17.2 Å². The van der Waals surface area contributed by atoms with Crippen molar-refractivity contribution in [3.05, 3.63) is 87.6 Å². The first kappa shape index (κ1) is 24.8. The Hall–Kier alpha value is -4.29. The molecule has 0 aliphatic heterocycles. The molecule has 0 saturated heterocycles. The summed E-state index contributed by atoms with van der Waals surface area (Å²) in [5.41, 5.74) is -4.23. The molecule has 3 aromatic rings. The van der Waals surface area contributed by atoms with Crippen molar-refractivity contribution in [2.45, 2.75) is 31.1 Å². The molecule has 1 aliphatic rings. The van der Waals surface area contributed by atoms with E-state index in [0.717, 1.165) is 30.5 Å². The SMILES string of the molecule is O=C(NC1(C(=O)NCc2ncc(Nc3c(F)cccc3C(F)(F)F)cc2F)CC1)c1cc[nH]c(=O)c1. The molecule has 0 unspecified atom stereocenters. The number of aromatic amines is 1. The maximum Gasteiger partial charge on any atom is 0.418 e. The topological polar surface area (TPSA) is 116 Å². The van der Waals surface area contributed by atoms with Gasteiger partial charge in [-0.2, -0.15) is 13.2 Å². The predicted molar refractivity (Wildman–Crippen MR) is 117 cm³/mol. The molecule has 2 amide bonds. The summed E-state index contributed by atoms with van der Waals surface area (Å²) in [6.07, 6.45) is -1.89. The lowest BCUT2D eigenvalue weighted by Gasteiger charge is -2.18. The lowest BCUT2D eigenvalue weighted by atomic mass is 10.1. The van der Waals surface area contributed by atoms with Crippen LogP contribution in [0.25, 0.3) is 0 Å². The number of hydrogen-bond donors (Lipinski definition) is 4. The number of nitrogens with zero attached hydrogens (tertiary/aromatic N) is 1. The fraction of sp³-hybridized carbons (Fsp3) is 0.217. The molecule has 1 saturated carbocycles. The van der Waals surface area contributed by atoms with Crippen molar-refractivity contribution in [3.63, 3.8) is 0 Å². The van der Waals surface area contributed by atoms with E-state index in [9.17, 15) is 36.3 Å². The first-order valence-electron chi connectivity index (χ1n) is 10.6. The summed E-state index contributed by atoms with van der Waals surface area (Å²) in [6, 6.07) is 5.69. The normalized spacial score (nSPS) is 14.1. The lowest BCUT2D eigenvalue weighted by molar-refractivity contribution is -0.137. The Morgan fingerprint density at radius 1 is 1.08 bits per heavy atom. The van der Waals surface area contributed by atoms with Gasteiger partial charge in [0.15, 0.2) is 0 Å². The van der Waals surface area contributed by atoms with E-state index in [1.807, 2.05) is 0 Å². The molecule has 1 fully saturated rings. The molecule has 8 nitrogen and oxygen atoms in total. The maximum atomic E-state index is 14.5. The number of nitrogens with one attached hydrogen (secondary N) is 4. The molecular weight excluding hydrogens is 489 g/mol. The molecule has 2 aromatic heterocycles. The average molecular weight is 507 g/mol. The van der Waals surface area contributed by atoms with Gasteiger partial charge in [-0.3, -0.25) is 19.4 Å². The summed E-state index contributed by atoms with van der Waals surface area (Å²) < 4.78 is 68.1. The van der Waals surface area contributed by atoms with Crippen LogP contribution in [0.3, 0.4) is 0 Å². The average Bonchev–Trinajstić information content (AvgIpc) is 3.59. The van der Waals surface area contributed by atoms with Crippen LogP contribution in [0.4, 0.5) is 33.3 Å². The zero-order valence-corrected chi connectivity index (χ0v) is 18.3. The van der Waals surface area contributed by atoms with E-state index in [0.29, 0.717) is 18.9 Å². The Balaban J connectivity index is 1.41. The molecule has 13 heteroatoms. The van der Waals surface area contributed by atoms with Crippen molar-refractivity contribution in [2.24, 2.45) is 0 Å². The van der Waals surface area contributed by atoms with Gasteiger partial charge < -0.3 is 20.9 Å². The minimum Gasteiger partial charge on any atom is -0.351 e. The fourth-order valence-corrected chi connectivity index (χ4v) is 3.44. The maximum absolute atomic E-state index is 14.5. The molecular formula is C23H18F5N5O3. The second-order valence-electron chi connectivity index (χ2n) is 8.10. The van der Waals surface area contributed by atoms with Crippen molar-refractivity contribution in [3.8, 4) is 0 Å². The number of rotatable bonds is 7. The summed E-state index contributed by atoms with van der Waals surface area (Å²) >= 11 is 0. The van der Waals surface area contributed by atoms with Crippen molar-refractivity contribution >= 4 is 23.2 Å². The molecule has 0 spiro atoms. The van der Waals surface area contributed by atoms with Crippen LogP contribution in [0.15, 0.2) is 53.6 Å². The number of halogens is 5. The Kier molecular flexibility index (Phi) is 6.48. The Bertz CT molecular complexity index is 1390. The van der Waals surface area contributed by atoms with Crippen LogP contribution in [0.2, 0.25) is 0 Å². The number of pyridine rings is 2. The van der Waals surface area contributed by atoms with Gasteiger partial charge in [0.2, 0.25) is 11.5 Å². The van der Waals surface area contributed by atoms with Gasteiger partial charge in [0.25, 0.3) is 5.91 Å². The van der Waals surface area contributed by atoms with E-state index in [2.05, 4.69) is 25.9 Å². The summed E-state index contributed by atoms with van der Waals surface area (Å²) in [5, 5.41) is 7.23. The molecule has 36 heavy (non-hydrogen) atoms. The molecule has 0 atom stereocenters. The third kappa shape index (κ3) is 5.34. The third-order valence-electron chi connectivity index (χ3n) is 5.50. The molecule has 0 bridgehead atoms. The largest absolute Gasteiger partial charge is 0.418 e. The quantitative estimate of drug-likeness (QED) is 0.366. The molecule has 0 radical (unpaired) electrons. The highest BCUT2D eigenvalue weighted by Crippen LogP contribution is 2.38. The second-order valence-corrected chi connectivity index (χ2v) is 8.10. The van der Waals surface area contributed by atoms with Gasteiger partial charge >= 0.3 is 6.18 Å². The molecule has 2 heterocycles. The van der Waals surface area contributed by atoms with Gasteiger partial charge in [-0.15, -0.1) is 0 Å². The molecule has 4 N–H and O–H groups in total. The number of carbonyl (C=O) groups excluding carboxylic acids is 2. The number of amides is 2. The van der Waals surface area contributed by atoms with Crippen LogP contribution in [-0.2, 0) is 17.5 Å². The van der Waals surface area contributed by atoms with Crippen LogP contribution in [-0.4, -0.2) is 27.3 Å². The number of H-pyrrole nitrogens is 1. The summed E-state index contributed by atoms with van der Waals surface area (Å²) in [4.78, 5) is 42.5. The van der Waals surface area contributed by atoms with Crippen molar-refractivity contribution in [2.75, 3.05) is 5.32 Å². The molecule has 188 valence electrons. The Labute approximate surface area is 199 Å². The van der Waals surface area contributed by atoms with E-state index in [1.54, 1.807) is 0 Å². The van der Waals surface area contributed by atoms with Crippen molar-refractivity contribution < 1.29 is 31.5 Å². The first-order valence-corrected chi connectivity index (χ1v) is 10.6. The summed E-state index contributed by atoms with van der Waals surface area (Å²) in [7, 11) is 0. The second kappa shape index (κ2) is 9.40. The van der Waals surface area contributed by atoms with Crippen LogP contribution < -0.4 is 21.5 Å². The highest BCUT2D eigenvalue weighted by Gasteiger charge is 2.51. The third-order valence-corrected chi connectivity index (χ3v) is 5.50. The predicted octanol–water partition coefficient (Wildman–Crippen LogP) is 3.39. The minimum atomic E-state index is -4.84. The van der Waals surface area contributed by atoms with Gasteiger partial charge in [-0.1, -0.05) is 6.07 Å². The number of hydrogen-bond acceptors (Lipinski definition) is 5. The van der Waals surface area contributed by atoms with Crippen LogP contribution >= 0.6 is 0 Å². The van der Waals surface area contributed by atoms with Crippen molar-refractivity contribution in [1.82, 2.24) is 20.6 Å². The fourth-order valence-electron chi connectivity index (χ4n) is 3.44. The number of aromatic nitrogens is 2. The molecule has 1 aromatic carbocycles. The zero-order valence-electron chi connectivity index (χ0n) is 18.3. The van der Waals surface area contributed by atoms with E-state index in [-0.39, 0.29) is 23.5 Å². The Morgan fingerprint density at radius 3 is 2.47 bits per heavy atom. The van der Waals surface area contributed by atoms with E-state index >= 15 is 0 Å². The number of benzene rings is 1. The number of carbonyl (C=O) groups is 2. The first-order chi connectivity index (χ1) is 17.0. The van der Waals surface area contributed by atoms with E-state index in [4.69, 9.17) is 0 Å². The lowest BCUT2D eigenvalue weighted by Crippen LogP contribution is -2.49. The standard InChI is InChI=1S/C23H18F5N5O3/c24-15-3-1-2-14(23(26,27)28)19(15)32-13-9-16(25)17(30-10-13)11-31-21(36)22(5-6-22)33-20(35)12-4-7-29-18(34)8-12/h1-4,7-10,32H,5-6,11H2,(H,29,34)(H,31,36)(H,33,35). The van der Waals surface area contributed by atoms with E-state index < -0.39 is 52.0 Å². The number of alkyl halides is 3. The number of para-hydroxylation sites is 1. The summed E-state index contributed by atoms with van der Waals surface area (Å²) in [6.45, 7) is -0.374. The smallest absolute Gasteiger partial charge is 0.351 e. The van der Waals surface area contributed by atoms with Crippen LogP contribution in [0.5, 0.6) is 0 Å². The monoisotopic (exact) mass is 507 g/mol.